The Balaban J connectivity index is 2.06. The van der Waals surface area contributed by atoms with Gasteiger partial charge in [-0.1, -0.05) is 12.1 Å². The highest BCUT2D eigenvalue weighted by Crippen LogP contribution is 2.35. The van der Waals surface area contributed by atoms with Gasteiger partial charge in [0.15, 0.2) is 23.9 Å². The Kier molecular flexibility index (Phi) is 8.76. The summed E-state index contributed by atoms with van der Waals surface area (Å²) in [4.78, 5) is 41.5. The van der Waals surface area contributed by atoms with E-state index in [2.05, 4.69) is 15.0 Å². The number of pyridine rings is 1. The molecule has 0 saturated carbocycles. The molecule has 1 amide bonds. The van der Waals surface area contributed by atoms with Gasteiger partial charge in [-0.2, -0.15) is 13.2 Å². The maximum atomic E-state index is 13.7. The van der Waals surface area contributed by atoms with Gasteiger partial charge in [0.1, 0.15) is 11.8 Å². The number of Topliss-reactive ketones (excluding diaryl/α,β-unsaturated/α-hetero) is 1. The molecule has 0 aliphatic rings. The number of ether oxygens (including phenoxy) is 4. The van der Waals surface area contributed by atoms with Crippen molar-refractivity contribution in [2.24, 2.45) is 0 Å². The number of esters is 1. The second-order valence-electron chi connectivity index (χ2n) is 8.29. The maximum absolute atomic E-state index is 13.7. The second kappa shape index (κ2) is 11.8. The van der Waals surface area contributed by atoms with Crippen LogP contribution in [0.4, 0.5) is 13.2 Å². The molecule has 1 aromatic heterocycles. The summed E-state index contributed by atoms with van der Waals surface area (Å²) in [6, 6.07) is 8.00. The largest absolute Gasteiger partial charge is 0.493 e. The molecular weight excluding hydrogens is 509 g/mol. The Morgan fingerprint density at radius 2 is 1.68 bits per heavy atom. The van der Waals surface area contributed by atoms with Gasteiger partial charge in [0.05, 0.1) is 20.3 Å². The Morgan fingerprint density at radius 3 is 2.32 bits per heavy atom. The van der Waals surface area contributed by atoms with Crippen LogP contribution in [0, 0.1) is 0 Å². The molecule has 0 fully saturated rings. The van der Waals surface area contributed by atoms with Crippen molar-refractivity contribution in [2.75, 3.05) is 20.8 Å². The van der Waals surface area contributed by atoms with E-state index in [1.165, 1.54) is 38.7 Å². The zero-order valence-corrected chi connectivity index (χ0v) is 20.9. The predicted molar refractivity (Wildman–Crippen MR) is 129 cm³/mol. The molecule has 38 heavy (non-hydrogen) atoms. The highest BCUT2D eigenvalue weighted by Gasteiger charge is 2.41. The molecule has 0 spiro atoms. The summed E-state index contributed by atoms with van der Waals surface area (Å²) in [6.45, 7) is 2.36. The third-order valence-corrected chi connectivity index (χ3v) is 5.23. The van der Waals surface area contributed by atoms with Gasteiger partial charge in [0.2, 0.25) is 0 Å². The molecule has 12 heteroatoms. The molecular formula is C26H25F3N2O7. The Morgan fingerprint density at radius 1 is 1.00 bits per heavy atom. The Bertz CT molecular complexity index is 1340. The highest BCUT2D eigenvalue weighted by molar-refractivity contribution is 6.05. The van der Waals surface area contributed by atoms with Crippen LogP contribution >= 0.6 is 0 Å². The van der Waals surface area contributed by atoms with E-state index in [0.717, 1.165) is 0 Å². The van der Waals surface area contributed by atoms with Crippen LogP contribution in [-0.2, 0) is 14.3 Å². The quantitative estimate of drug-likeness (QED) is 0.305. The van der Waals surface area contributed by atoms with E-state index in [4.69, 9.17) is 14.2 Å². The number of carbonyl (C=O) groups excluding carboxylic acids is 3. The number of fused-ring (bicyclic) bond motifs is 1. The van der Waals surface area contributed by atoms with Gasteiger partial charge < -0.3 is 24.3 Å². The number of aromatic nitrogens is 1. The first kappa shape index (κ1) is 28.2. The lowest BCUT2D eigenvalue weighted by molar-refractivity contribution is -0.200. The number of rotatable bonds is 10. The smallest absolute Gasteiger partial charge is 0.490 e. The summed E-state index contributed by atoms with van der Waals surface area (Å²) in [6.07, 6.45) is -2.61. The van der Waals surface area contributed by atoms with Crippen molar-refractivity contribution >= 4 is 28.4 Å². The number of alkyl halides is 3. The van der Waals surface area contributed by atoms with E-state index < -0.39 is 36.5 Å². The topological polar surface area (TPSA) is 113 Å². The first-order valence-electron chi connectivity index (χ1n) is 11.3. The van der Waals surface area contributed by atoms with E-state index >= 15 is 0 Å². The van der Waals surface area contributed by atoms with E-state index in [0.29, 0.717) is 28.0 Å². The van der Waals surface area contributed by atoms with Crippen LogP contribution in [0.5, 0.6) is 17.2 Å². The van der Waals surface area contributed by atoms with Crippen LogP contribution in [0.25, 0.3) is 10.8 Å². The Labute approximate surface area is 215 Å². The first-order valence-corrected chi connectivity index (χ1v) is 11.3. The standard InChI is InChI=1S/C26H25F3N2O7/c1-14(2)38-17-7-5-6-15(8-17)24(33)23(31-22(32)13-37-25(34)26(27,28)29)19-12-30-11-16-9-20(35-3)21(36-4)10-18(16)19/h5-12,14,23H,13H2,1-4H3,(H,31,32). The van der Waals surface area contributed by atoms with Crippen LogP contribution in [0.3, 0.4) is 0 Å². The molecule has 1 atom stereocenters. The van der Waals surface area contributed by atoms with Crippen molar-refractivity contribution in [3.8, 4) is 17.2 Å². The van der Waals surface area contributed by atoms with Crippen LogP contribution in [0.15, 0.2) is 48.8 Å². The minimum absolute atomic E-state index is 0.151. The normalized spacial score (nSPS) is 12.1. The molecule has 1 heterocycles. The zero-order chi connectivity index (χ0) is 28.0. The third-order valence-electron chi connectivity index (χ3n) is 5.23. The predicted octanol–water partition coefficient (Wildman–Crippen LogP) is 4.18. The lowest BCUT2D eigenvalue weighted by Gasteiger charge is -2.21. The van der Waals surface area contributed by atoms with E-state index in [1.54, 1.807) is 24.3 Å². The molecule has 1 N–H and O–H groups in total. The van der Waals surface area contributed by atoms with Crippen LogP contribution in [-0.4, -0.2) is 55.8 Å². The fourth-order valence-corrected chi connectivity index (χ4v) is 3.61. The number of carbonyl (C=O) groups is 3. The molecule has 202 valence electrons. The summed E-state index contributed by atoms with van der Waals surface area (Å²) >= 11 is 0. The average molecular weight is 534 g/mol. The molecule has 3 rings (SSSR count). The Hall–Kier alpha value is -4.35. The fraction of sp³-hybridized carbons (Fsp3) is 0.308. The minimum atomic E-state index is -5.28. The fourth-order valence-electron chi connectivity index (χ4n) is 3.61. The van der Waals surface area contributed by atoms with Gasteiger partial charge >= 0.3 is 12.1 Å². The summed E-state index contributed by atoms with van der Waals surface area (Å²) in [5, 5.41) is 3.36. The molecule has 0 radical (unpaired) electrons. The molecule has 0 aliphatic carbocycles. The average Bonchev–Trinajstić information content (AvgIpc) is 2.88. The molecule has 9 nitrogen and oxygen atoms in total. The summed E-state index contributed by atoms with van der Waals surface area (Å²) in [5.41, 5.74) is 0.373. The van der Waals surface area contributed by atoms with Gasteiger partial charge in [-0.15, -0.1) is 0 Å². The number of benzene rings is 2. The molecule has 0 aliphatic heterocycles. The number of ketones is 1. The number of nitrogens with one attached hydrogen (secondary N) is 1. The van der Waals surface area contributed by atoms with Gasteiger partial charge in [0.25, 0.3) is 5.91 Å². The van der Waals surface area contributed by atoms with E-state index in [-0.39, 0.29) is 17.2 Å². The lowest BCUT2D eigenvalue weighted by Crippen LogP contribution is -2.38. The van der Waals surface area contributed by atoms with Gasteiger partial charge in [0, 0.05) is 28.9 Å². The number of nitrogens with zero attached hydrogens (tertiary/aromatic N) is 1. The van der Waals surface area contributed by atoms with Crippen molar-refractivity contribution in [1.82, 2.24) is 10.3 Å². The highest BCUT2D eigenvalue weighted by atomic mass is 19.4. The van der Waals surface area contributed by atoms with E-state index in [9.17, 15) is 27.6 Å². The first-order chi connectivity index (χ1) is 17.9. The number of hydrogen-bond acceptors (Lipinski definition) is 8. The van der Waals surface area contributed by atoms with Crippen molar-refractivity contribution < 1.29 is 46.5 Å². The summed E-state index contributed by atoms with van der Waals surface area (Å²) < 4.78 is 57.9. The van der Waals surface area contributed by atoms with Crippen LogP contribution < -0.4 is 19.5 Å². The summed E-state index contributed by atoms with van der Waals surface area (Å²) in [5.74, 6) is -3.15. The van der Waals surface area contributed by atoms with Crippen molar-refractivity contribution in [1.29, 1.82) is 0 Å². The molecule has 3 aromatic rings. The van der Waals surface area contributed by atoms with E-state index in [1.807, 2.05) is 13.8 Å². The van der Waals surface area contributed by atoms with Crippen LogP contribution in [0.1, 0.15) is 35.8 Å². The zero-order valence-electron chi connectivity index (χ0n) is 20.9. The third kappa shape index (κ3) is 6.69. The monoisotopic (exact) mass is 534 g/mol. The van der Waals surface area contributed by atoms with Crippen LogP contribution in [0.2, 0.25) is 0 Å². The molecule has 0 saturated heterocycles. The van der Waals surface area contributed by atoms with Crippen molar-refractivity contribution in [3.05, 3.63) is 59.9 Å². The van der Waals surface area contributed by atoms with Crippen molar-refractivity contribution in [3.63, 3.8) is 0 Å². The lowest BCUT2D eigenvalue weighted by atomic mass is 9.94. The molecule has 0 bridgehead atoms. The number of methoxy groups -OCH3 is 2. The molecule has 1 unspecified atom stereocenters. The van der Waals surface area contributed by atoms with Gasteiger partial charge in [-0.25, -0.2) is 4.79 Å². The maximum Gasteiger partial charge on any atom is 0.490 e. The van der Waals surface area contributed by atoms with Gasteiger partial charge in [-0.3, -0.25) is 14.6 Å². The minimum Gasteiger partial charge on any atom is -0.493 e. The second-order valence-corrected chi connectivity index (χ2v) is 8.29. The molecule has 2 aromatic carbocycles. The number of halogens is 3. The summed E-state index contributed by atoms with van der Waals surface area (Å²) in [7, 11) is 2.87. The van der Waals surface area contributed by atoms with Crippen molar-refractivity contribution in [2.45, 2.75) is 32.2 Å². The number of hydrogen-bond donors (Lipinski definition) is 1. The SMILES string of the molecule is COc1cc2cncc(C(NC(=O)COC(=O)C(F)(F)F)C(=O)c3cccc(OC(C)C)c3)c2cc1OC. The number of amides is 1. The van der Waals surface area contributed by atoms with Gasteiger partial charge in [-0.05, 0) is 43.5 Å².